The number of rotatable bonds is 2. The van der Waals surface area contributed by atoms with E-state index in [9.17, 15) is 9.59 Å². The molecule has 2 aliphatic rings. The number of carbonyl (C=O) groups is 1. The number of carbonyl (C=O) groups excluding carboxylic acids is 1. The molecule has 0 amide bonds. The zero-order chi connectivity index (χ0) is 13.4. The molecule has 6 nitrogen and oxygen atoms in total. The second-order valence-electron chi connectivity index (χ2n) is 4.05. The number of methoxy groups -OCH3 is 1. The first-order valence-corrected chi connectivity index (χ1v) is 5.66. The highest BCUT2D eigenvalue weighted by atomic mass is 16.5. The highest BCUT2D eigenvalue weighted by Crippen LogP contribution is 2.30. The maximum atomic E-state index is 11.8. The van der Waals surface area contributed by atoms with E-state index in [0.29, 0.717) is 16.8 Å². The number of hydrogen-bond acceptors (Lipinski definition) is 5. The van der Waals surface area contributed by atoms with Gasteiger partial charge >= 0.3 is 5.97 Å². The number of aromatic nitrogens is 2. The van der Waals surface area contributed by atoms with Gasteiger partial charge in [0.05, 0.1) is 7.11 Å². The Morgan fingerprint density at radius 3 is 3.00 bits per heavy atom. The third-order valence-corrected chi connectivity index (χ3v) is 2.92. The number of benzene rings is 1. The van der Waals surface area contributed by atoms with Gasteiger partial charge in [0.15, 0.2) is 0 Å². The standard InChI is InChI=1S/C13H10N2O4/c1-18-10(16)6-9-11-12(14-15-13(11)17)7-4-2-3-5-8(7)19-9/h2-5H,6H2,1H3,(H,15,17). The minimum Gasteiger partial charge on any atom is -0.469 e. The second-order valence-corrected chi connectivity index (χ2v) is 4.05. The van der Waals surface area contributed by atoms with E-state index in [1.165, 1.54) is 7.11 Å². The first-order valence-electron chi connectivity index (χ1n) is 5.66. The third-order valence-electron chi connectivity index (χ3n) is 2.92. The van der Waals surface area contributed by atoms with Crippen molar-refractivity contribution in [1.82, 2.24) is 10.2 Å². The molecule has 0 saturated carbocycles. The molecule has 0 atom stereocenters. The summed E-state index contributed by atoms with van der Waals surface area (Å²) in [5, 5.41) is 7.10. The van der Waals surface area contributed by atoms with Crippen LogP contribution in [0.3, 0.4) is 0 Å². The van der Waals surface area contributed by atoms with Gasteiger partial charge < -0.3 is 9.15 Å². The topological polar surface area (TPSA) is 85.2 Å². The molecule has 6 heteroatoms. The van der Waals surface area contributed by atoms with Crippen molar-refractivity contribution in [1.29, 1.82) is 0 Å². The van der Waals surface area contributed by atoms with Crippen LogP contribution >= 0.6 is 0 Å². The Hall–Kier alpha value is -2.63. The van der Waals surface area contributed by atoms with Crippen LogP contribution < -0.4 is 5.56 Å². The number of ether oxygens (including phenoxy) is 1. The molecular weight excluding hydrogens is 248 g/mol. The summed E-state index contributed by atoms with van der Waals surface area (Å²) in [4.78, 5) is 23.2. The zero-order valence-electron chi connectivity index (χ0n) is 10.1. The smallest absolute Gasteiger partial charge is 0.313 e. The molecule has 2 heterocycles. The van der Waals surface area contributed by atoms with Crippen molar-refractivity contribution in [2.45, 2.75) is 6.42 Å². The molecule has 96 valence electrons. The number of nitrogens with one attached hydrogen (secondary N) is 1. The lowest BCUT2D eigenvalue weighted by atomic mass is 10.1. The minimum absolute atomic E-state index is 0.105. The van der Waals surface area contributed by atoms with Crippen LogP contribution in [0.15, 0.2) is 33.5 Å². The number of hydrogen-bond donors (Lipinski definition) is 1. The van der Waals surface area contributed by atoms with Crippen LogP contribution in [0.25, 0.3) is 22.2 Å². The van der Waals surface area contributed by atoms with E-state index in [-0.39, 0.29) is 17.7 Å². The highest BCUT2D eigenvalue weighted by Gasteiger charge is 2.23. The molecule has 0 spiro atoms. The summed E-state index contributed by atoms with van der Waals surface area (Å²) in [7, 11) is 1.29. The van der Waals surface area contributed by atoms with Crippen molar-refractivity contribution in [3.8, 4) is 11.3 Å². The minimum atomic E-state index is -0.471. The van der Waals surface area contributed by atoms with Gasteiger partial charge in [-0.05, 0) is 12.1 Å². The predicted molar refractivity (Wildman–Crippen MR) is 67.0 cm³/mol. The Balaban J connectivity index is 2.32. The predicted octanol–water partition coefficient (Wildman–Crippen LogP) is 1.34. The highest BCUT2D eigenvalue weighted by molar-refractivity contribution is 5.93. The largest absolute Gasteiger partial charge is 0.469 e. The summed E-state index contributed by atoms with van der Waals surface area (Å²) in [6.45, 7) is 0. The SMILES string of the molecule is COC(=O)Cc1oc2ccccc2c2n[nH]c(=O)c1-2. The Kier molecular flexibility index (Phi) is 2.56. The van der Waals surface area contributed by atoms with Gasteiger partial charge in [-0.3, -0.25) is 9.59 Å². The van der Waals surface area contributed by atoms with Crippen LogP contribution in [0, 0.1) is 0 Å². The van der Waals surface area contributed by atoms with Gasteiger partial charge in [0.1, 0.15) is 29.0 Å². The van der Waals surface area contributed by atoms with Crippen molar-refractivity contribution in [3.05, 3.63) is 40.4 Å². The molecule has 0 bridgehead atoms. The van der Waals surface area contributed by atoms with Gasteiger partial charge in [-0.1, -0.05) is 12.1 Å². The molecule has 19 heavy (non-hydrogen) atoms. The Bertz CT molecular complexity index is 787. The van der Waals surface area contributed by atoms with E-state index in [2.05, 4.69) is 14.9 Å². The average molecular weight is 258 g/mol. The van der Waals surface area contributed by atoms with E-state index in [1.807, 2.05) is 18.2 Å². The maximum absolute atomic E-state index is 11.8. The van der Waals surface area contributed by atoms with Crippen molar-refractivity contribution in [2.75, 3.05) is 7.11 Å². The van der Waals surface area contributed by atoms with Crippen LogP contribution in [0.2, 0.25) is 0 Å². The summed E-state index contributed by atoms with van der Waals surface area (Å²) < 4.78 is 10.2. The number of fused-ring (bicyclic) bond motifs is 3. The van der Waals surface area contributed by atoms with Crippen LogP contribution in [0.1, 0.15) is 5.76 Å². The van der Waals surface area contributed by atoms with Gasteiger partial charge in [0.25, 0.3) is 5.56 Å². The summed E-state index contributed by atoms with van der Waals surface area (Å²) >= 11 is 0. The Labute approximate surface area is 107 Å². The molecule has 0 fully saturated rings. The number of H-pyrrole nitrogens is 1. The lowest BCUT2D eigenvalue weighted by Gasteiger charge is -2.07. The molecule has 0 radical (unpaired) electrons. The Morgan fingerprint density at radius 2 is 2.21 bits per heavy atom. The lowest BCUT2D eigenvalue weighted by molar-refractivity contribution is -0.140. The molecule has 1 N–H and O–H groups in total. The van der Waals surface area contributed by atoms with Crippen LogP contribution in [0.5, 0.6) is 0 Å². The average Bonchev–Trinajstić information content (AvgIpc) is 2.81. The van der Waals surface area contributed by atoms with Crippen molar-refractivity contribution < 1.29 is 13.9 Å². The summed E-state index contributed by atoms with van der Waals surface area (Å²) in [5.74, 6) is -0.208. The lowest BCUT2D eigenvalue weighted by Crippen LogP contribution is -2.10. The quantitative estimate of drug-likeness (QED) is 0.701. The fourth-order valence-electron chi connectivity index (χ4n) is 2.04. The summed E-state index contributed by atoms with van der Waals surface area (Å²) in [6, 6.07) is 7.21. The monoisotopic (exact) mass is 258 g/mol. The number of aromatic amines is 1. The molecule has 0 aliphatic carbocycles. The van der Waals surface area contributed by atoms with E-state index >= 15 is 0 Å². The first kappa shape index (κ1) is 11.5. The fourth-order valence-corrected chi connectivity index (χ4v) is 2.04. The fraction of sp³-hybridized carbons (Fsp3) is 0.154. The number of esters is 1. The third kappa shape index (κ3) is 1.77. The normalized spacial score (nSPS) is 11.0. The molecule has 0 saturated heterocycles. The molecule has 3 rings (SSSR count). The van der Waals surface area contributed by atoms with Crippen molar-refractivity contribution in [3.63, 3.8) is 0 Å². The van der Waals surface area contributed by atoms with Gasteiger partial charge in [0.2, 0.25) is 0 Å². The molecule has 2 aliphatic heterocycles. The van der Waals surface area contributed by atoms with E-state index in [1.54, 1.807) is 6.07 Å². The zero-order valence-corrected chi connectivity index (χ0v) is 10.1. The Morgan fingerprint density at radius 1 is 1.42 bits per heavy atom. The van der Waals surface area contributed by atoms with Gasteiger partial charge in [-0.25, -0.2) is 5.10 Å². The first-order chi connectivity index (χ1) is 9.20. The van der Waals surface area contributed by atoms with E-state index < -0.39 is 5.97 Å². The molecular formula is C13H10N2O4. The molecule has 1 aromatic carbocycles. The van der Waals surface area contributed by atoms with E-state index in [0.717, 1.165) is 5.39 Å². The van der Waals surface area contributed by atoms with Gasteiger partial charge in [-0.2, -0.15) is 5.10 Å². The van der Waals surface area contributed by atoms with Gasteiger partial charge in [-0.15, -0.1) is 0 Å². The van der Waals surface area contributed by atoms with Crippen molar-refractivity contribution in [2.24, 2.45) is 0 Å². The molecule has 0 unspecified atom stereocenters. The van der Waals surface area contributed by atoms with Crippen molar-refractivity contribution >= 4 is 16.9 Å². The van der Waals surface area contributed by atoms with Crippen LogP contribution in [0.4, 0.5) is 0 Å². The van der Waals surface area contributed by atoms with Crippen LogP contribution in [-0.2, 0) is 16.0 Å². The summed E-state index contributed by atoms with van der Waals surface area (Å²) in [6.07, 6.45) is -0.105. The van der Waals surface area contributed by atoms with E-state index in [4.69, 9.17) is 4.42 Å². The second kappa shape index (κ2) is 4.24. The maximum Gasteiger partial charge on any atom is 0.313 e. The summed E-state index contributed by atoms with van der Waals surface area (Å²) in [5.41, 5.74) is 0.999. The number of nitrogens with zero attached hydrogens (tertiary/aromatic N) is 1. The van der Waals surface area contributed by atoms with Gasteiger partial charge in [0, 0.05) is 5.39 Å². The number of para-hydroxylation sites is 1. The molecule has 1 aromatic rings. The molecule has 0 aromatic heterocycles. The van der Waals surface area contributed by atoms with Crippen LogP contribution in [-0.4, -0.2) is 23.3 Å².